The zero-order valence-corrected chi connectivity index (χ0v) is 11.5. The third kappa shape index (κ3) is 2.33. The van der Waals surface area contributed by atoms with Gasteiger partial charge in [-0.3, -0.25) is 0 Å². The number of hydrogen-bond acceptors (Lipinski definition) is 4. The van der Waals surface area contributed by atoms with Crippen LogP contribution < -0.4 is 5.73 Å². The van der Waals surface area contributed by atoms with Crippen LogP contribution in [0, 0.1) is 11.3 Å². The lowest BCUT2D eigenvalue weighted by Crippen LogP contribution is -2.41. The van der Waals surface area contributed by atoms with Crippen molar-refractivity contribution in [1.82, 2.24) is 0 Å². The zero-order chi connectivity index (χ0) is 13.5. The van der Waals surface area contributed by atoms with Crippen molar-refractivity contribution in [2.45, 2.75) is 38.2 Å². The van der Waals surface area contributed by atoms with E-state index in [2.05, 4.69) is 6.92 Å². The molecule has 3 unspecified atom stereocenters. The van der Waals surface area contributed by atoms with E-state index in [9.17, 15) is 5.11 Å². The summed E-state index contributed by atoms with van der Waals surface area (Å²) >= 11 is 0. The molecule has 1 aromatic heterocycles. The van der Waals surface area contributed by atoms with Crippen LogP contribution in [-0.2, 0) is 4.74 Å². The highest BCUT2D eigenvalue weighted by Crippen LogP contribution is 2.49. The van der Waals surface area contributed by atoms with E-state index in [1.807, 2.05) is 12.1 Å². The van der Waals surface area contributed by atoms with Crippen molar-refractivity contribution < 1.29 is 14.3 Å². The first kappa shape index (κ1) is 13.2. The van der Waals surface area contributed by atoms with E-state index in [1.54, 1.807) is 0 Å². The Hall–Kier alpha value is -0.840. The molecule has 2 fully saturated rings. The Kier molecular flexibility index (Phi) is 3.41. The van der Waals surface area contributed by atoms with Crippen LogP contribution in [0.25, 0.3) is 0 Å². The zero-order valence-electron chi connectivity index (χ0n) is 11.5. The lowest BCUT2D eigenvalue weighted by molar-refractivity contribution is -0.0661. The molecule has 1 saturated carbocycles. The van der Waals surface area contributed by atoms with Crippen molar-refractivity contribution >= 4 is 0 Å². The Labute approximate surface area is 113 Å². The Bertz CT molecular complexity index is 436. The van der Waals surface area contributed by atoms with Crippen molar-refractivity contribution in [2.75, 3.05) is 19.8 Å². The highest BCUT2D eigenvalue weighted by molar-refractivity contribution is 5.20. The largest absolute Gasteiger partial charge is 0.463 e. The summed E-state index contributed by atoms with van der Waals surface area (Å²) in [6, 6.07) is 3.92. The van der Waals surface area contributed by atoms with Crippen LogP contribution in [0.2, 0.25) is 0 Å². The lowest BCUT2D eigenvalue weighted by atomic mass is 9.74. The average molecular weight is 265 g/mol. The first-order valence-corrected chi connectivity index (χ1v) is 7.22. The van der Waals surface area contributed by atoms with E-state index >= 15 is 0 Å². The van der Waals surface area contributed by atoms with Gasteiger partial charge in [-0.25, -0.2) is 0 Å². The van der Waals surface area contributed by atoms with E-state index in [0.29, 0.717) is 37.4 Å². The van der Waals surface area contributed by atoms with E-state index < -0.39 is 6.10 Å². The van der Waals surface area contributed by atoms with Crippen LogP contribution in [0.5, 0.6) is 0 Å². The molecule has 3 atom stereocenters. The topological polar surface area (TPSA) is 68.6 Å². The number of nitrogens with two attached hydrogens (primary N) is 1. The Morgan fingerprint density at radius 3 is 2.68 bits per heavy atom. The van der Waals surface area contributed by atoms with Crippen molar-refractivity contribution in [1.29, 1.82) is 0 Å². The number of aliphatic hydroxyl groups is 1. The van der Waals surface area contributed by atoms with Crippen LogP contribution in [0.1, 0.15) is 49.7 Å². The maximum absolute atomic E-state index is 10.6. The first-order valence-electron chi connectivity index (χ1n) is 7.22. The van der Waals surface area contributed by atoms with E-state index in [4.69, 9.17) is 14.9 Å². The maximum Gasteiger partial charge on any atom is 0.133 e. The fraction of sp³-hybridized carbons (Fsp3) is 0.733. The number of ether oxygens (including phenoxy) is 1. The van der Waals surface area contributed by atoms with Crippen molar-refractivity contribution in [2.24, 2.45) is 17.1 Å². The predicted molar refractivity (Wildman–Crippen MR) is 71.7 cm³/mol. The number of aliphatic hydroxyl groups excluding tert-OH is 1. The summed E-state index contributed by atoms with van der Waals surface area (Å²) in [7, 11) is 0. The molecule has 0 aromatic carbocycles. The Balaban J connectivity index is 1.78. The summed E-state index contributed by atoms with van der Waals surface area (Å²) in [5.74, 6) is 2.94. The summed E-state index contributed by atoms with van der Waals surface area (Å²) in [4.78, 5) is 0. The summed E-state index contributed by atoms with van der Waals surface area (Å²) in [6.45, 7) is 4.03. The molecule has 2 heterocycles. The minimum atomic E-state index is -0.621. The molecule has 1 aromatic rings. The molecule has 1 aliphatic heterocycles. The predicted octanol–water partition coefficient (Wildman–Crippen LogP) is 2.19. The lowest BCUT2D eigenvalue weighted by Gasteiger charge is -2.39. The van der Waals surface area contributed by atoms with Crippen LogP contribution in [-0.4, -0.2) is 24.9 Å². The van der Waals surface area contributed by atoms with Crippen LogP contribution in [0.4, 0.5) is 0 Å². The van der Waals surface area contributed by atoms with Gasteiger partial charge in [0.2, 0.25) is 0 Å². The quantitative estimate of drug-likeness (QED) is 0.875. The minimum Gasteiger partial charge on any atom is -0.463 e. The van der Waals surface area contributed by atoms with Gasteiger partial charge in [-0.05, 0) is 37.3 Å². The van der Waals surface area contributed by atoms with Gasteiger partial charge < -0.3 is 20.0 Å². The summed E-state index contributed by atoms with van der Waals surface area (Å²) in [5, 5.41) is 10.6. The van der Waals surface area contributed by atoms with Gasteiger partial charge in [0.15, 0.2) is 0 Å². The second kappa shape index (κ2) is 4.93. The minimum absolute atomic E-state index is 0.289. The van der Waals surface area contributed by atoms with Gasteiger partial charge in [0, 0.05) is 31.1 Å². The Morgan fingerprint density at radius 1 is 1.42 bits per heavy atom. The average Bonchev–Trinajstić information content (AvgIpc) is 2.99. The molecule has 4 heteroatoms. The van der Waals surface area contributed by atoms with Gasteiger partial charge in [0.1, 0.15) is 17.6 Å². The first-order chi connectivity index (χ1) is 9.16. The molecular formula is C15H23NO3. The van der Waals surface area contributed by atoms with Gasteiger partial charge in [-0.15, -0.1) is 0 Å². The maximum atomic E-state index is 10.6. The second-order valence-electron chi connectivity index (χ2n) is 6.14. The molecule has 0 spiro atoms. The van der Waals surface area contributed by atoms with Crippen LogP contribution in [0.15, 0.2) is 16.5 Å². The summed E-state index contributed by atoms with van der Waals surface area (Å²) in [6.07, 6.45) is 2.16. The summed E-state index contributed by atoms with van der Waals surface area (Å²) < 4.78 is 11.3. The Morgan fingerprint density at radius 2 is 2.11 bits per heavy atom. The highest BCUT2D eigenvalue weighted by atomic mass is 16.5. The van der Waals surface area contributed by atoms with Gasteiger partial charge in [-0.2, -0.15) is 0 Å². The molecule has 1 aliphatic carbocycles. The second-order valence-corrected chi connectivity index (χ2v) is 6.14. The van der Waals surface area contributed by atoms with Crippen molar-refractivity contribution in [3.8, 4) is 0 Å². The van der Waals surface area contributed by atoms with Gasteiger partial charge in [0.25, 0.3) is 0 Å². The van der Waals surface area contributed by atoms with E-state index in [0.717, 1.165) is 18.6 Å². The number of rotatable bonds is 4. The molecule has 2 aliphatic rings. The third-order valence-corrected chi connectivity index (χ3v) is 4.87. The van der Waals surface area contributed by atoms with Gasteiger partial charge >= 0.3 is 0 Å². The monoisotopic (exact) mass is 265 g/mol. The van der Waals surface area contributed by atoms with Crippen LogP contribution >= 0.6 is 0 Å². The molecule has 0 amide bonds. The molecule has 1 saturated heterocycles. The third-order valence-electron chi connectivity index (χ3n) is 4.87. The van der Waals surface area contributed by atoms with Crippen LogP contribution in [0.3, 0.4) is 0 Å². The standard InChI is InChI=1S/C15H23NO3/c1-10-8-11(10)12-2-3-13(19-12)14(17)15(9-16)4-6-18-7-5-15/h2-3,10-11,14,17H,4-9,16H2,1H3. The highest BCUT2D eigenvalue weighted by Gasteiger charge is 2.42. The van der Waals surface area contributed by atoms with E-state index in [1.165, 1.54) is 6.42 Å². The molecule has 0 bridgehead atoms. The van der Waals surface area contributed by atoms with Crippen molar-refractivity contribution in [3.05, 3.63) is 23.7 Å². The van der Waals surface area contributed by atoms with Crippen molar-refractivity contribution in [3.63, 3.8) is 0 Å². The van der Waals surface area contributed by atoms with Gasteiger partial charge in [0.05, 0.1) is 0 Å². The summed E-state index contributed by atoms with van der Waals surface area (Å²) in [5.41, 5.74) is 5.63. The molecule has 3 rings (SSSR count). The molecular weight excluding hydrogens is 242 g/mol. The molecule has 0 radical (unpaired) electrons. The normalized spacial score (nSPS) is 31.1. The van der Waals surface area contributed by atoms with Gasteiger partial charge in [-0.1, -0.05) is 6.92 Å². The molecule has 4 nitrogen and oxygen atoms in total. The fourth-order valence-electron chi connectivity index (χ4n) is 3.10. The smallest absolute Gasteiger partial charge is 0.133 e. The van der Waals surface area contributed by atoms with E-state index in [-0.39, 0.29) is 5.41 Å². The molecule has 106 valence electrons. The SMILES string of the molecule is CC1CC1c1ccc(C(O)C2(CN)CCOCC2)o1. The molecule has 3 N–H and O–H groups in total. The molecule has 19 heavy (non-hydrogen) atoms. The number of furan rings is 1. The number of hydrogen-bond donors (Lipinski definition) is 2. The fourth-order valence-corrected chi connectivity index (χ4v) is 3.10.